The van der Waals surface area contributed by atoms with E-state index in [1.165, 1.54) is 0 Å². The van der Waals surface area contributed by atoms with Crippen molar-refractivity contribution in [1.29, 1.82) is 0 Å². The fraction of sp³-hybridized carbons (Fsp3) is 0.600. The number of thioether (sulfide) groups is 1. The van der Waals surface area contributed by atoms with Crippen LogP contribution in [-0.2, 0) is 6.54 Å². The van der Waals surface area contributed by atoms with Crippen LogP contribution in [0.15, 0.2) is 12.1 Å². The average Bonchev–Trinajstić information content (AvgIpc) is 2.50. The Bertz CT molecular complexity index is 387. The lowest BCUT2D eigenvalue weighted by Gasteiger charge is -2.16. The maximum Gasteiger partial charge on any atom is 0.130 e. The molecule has 0 bridgehead atoms. The minimum absolute atomic E-state index is 0.669. The molecule has 1 aromatic rings. The Morgan fingerprint density at radius 2 is 1.70 bits per heavy atom. The van der Waals surface area contributed by atoms with Gasteiger partial charge in [-0.05, 0) is 19.2 Å². The highest BCUT2D eigenvalue weighted by Crippen LogP contribution is 2.33. The van der Waals surface area contributed by atoms with Gasteiger partial charge in [0.2, 0.25) is 0 Å². The van der Waals surface area contributed by atoms with Crippen LogP contribution >= 0.6 is 11.8 Å². The van der Waals surface area contributed by atoms with Gasteiger partial charge in [-0.15, -0.1) is 0 Å². The normalized spacial score (nSPS) is 12.1. The van der Waals surface area contributed by atoms with Gasteiger partial charge in [0.1, 0.15) is 17.2 Å². The Labute approximate surface area is 126 Å². The third-order valence-corrected chi connectivity index (χ3v) is 4.29. The van der Waals surface area contributed by atoms with Crippen molar-refractivity contribution in [3.05, 3.63) is 17.7 Å². The molecule has 114 valence electrons. The van der Waals surface area contributed by atoms with Crippen molar-refractivity contribution in [1.82, 2.24) is 5.32 Å². The first kappa shape index (κ1) is 17.0. The Hall–Kier alpha value is -1.07. The molecule has 0 aliphatic carbocycles. The maximum absolute atomic E-state index is 5.43. The van der Waals surface area contributed by atoms with E-state index in [1.54, 1.807) is 21.3 Å². The molecule has 1 atom stereocenters. The van der Waals surface area contributed by atoms with Crippen LogP contribution in [0.1, 0.15) is 18.9 Å². The first-order valence-electron chi connectivity index (χ1n) is 6.68. The molecule has 0 fully saturated rings. The van der Waals surface area contributed by atoms with E-state index in [1.807, 2.05) is 23.9 Å². The molecular formula is C15H25NO3S. The fourth-order valence-electron chi connectivity index (χ4n) is 1.89. The molecule has 1 N–H and O–H groups in total. The van der Waals surface area contributed by atoms with E-state index >= 15 is 0 Å². The first-order chi connectivity index (χ1) is 9.65. The van der Waals surface area contributed by atoms with Gasteiger partial charge in [0.25, 0.3) is 0 Å². The van der Waals surface area contributed by atoms with Crippen molar-refractivity contribution in [3.8, 4) is 17.2 Å². The largest absolute Gasteiger partial charge is 0.496 e. The Morgan fingerprint density at radius 3 is 2.15 bits per heavy atom. The summed E-state index contributed by atoms with van der Waals surface area (Å²) in [7, 11) is 4.96. The quantitative estimate of drug-likeness (QED) is 0.710. The van der Waals surface area contributed by atoms with Crippen LogP contribution in [0.25, 0.3) is 0 Å². The van der Waals surface area contributed by atoms with Gasteiger partial charge in [0.05, 0.1) is 26.9 Å². The summed E-state index contributed by atoms with van der Waals surface area (Å²) in [6, 6.07) is 3.76. The molecule has 0 saturated carbocycles. The molecule has 0 heterocycles. The van der Waals surface area contributed by atoms with Crippen LogP contribution in [0.4, 0.5) is 0 Å². The lowest BCUT2D eigenvalue weighted by molar-refractivity contribution is 0.366. The summed E-state index contributed by atoms with van der Waals surface area (Å²) in [6.45, 7) is 3.93. The Balaban J connectivity index is 2.72. The van der Waals surface area contributed by atoms with Gasteiger partial charge in [0.15, 0.2) is 0 Å². The number of methoxy groups -OCH3 is 3. The molecule has 0 saturated heterocycles. The summed E-state index contributed by atoms with van der Waals surface area (Å²) in [6.07, 6.45) is 3.28. The highest BCUT2D eigenvalue weighted by molar-refractivity contribution is 7.99. The van der Waals surface area contributed by atoms with E-state index in [2.05, 4.69) is 18.5 Å². The summed E-state index contributed by atoms with van der Waals surface area (Å²) in [5, 5.41) is 4.11. The smallest absolute Gasteiger partial charge is 0.130 e. The van der Waals surface area contributed by atoms with Crippen LogP contribution in [0.2, 0.25) is 0 Å². The molecule has 0 aliphatic rings. The van der Waals surface area contributed by atoms with E-state index in [-0.39, 0.29) is 0 Å². The van der Waals surface area contributed by atoms with Crippen molar-refractivity contribution in [2.24, 2.45) is 0 Å². The summed E-state index contributed by atoms with van der Waals surface area (Å²) in [4.78, 5) is 0. The van der Waals surface area contributed by atoms with Gasteiger partial charge in [-0.2, -0.15) is 11.8 Å². The molecule has 1 aromatic carbocycles. The molecule has 5 heteroatoms. The van der Waals surface area contributed by atoms with Crippen LogP contribution in [-0.4, -0.2) is 39.4 Å². The zero-order valence-corrected chi connectivity index (χ0v) is 13.8. The van der Waals surface area contributed by atoms with Crippen LogP contribution in [0.3, 0.4) is 0 Å². The Morgan fingerprint density at radius 1 is 1.10 bits per heavy atom. The molecule has 0 aliphatic heterocycles. The van der Waals surface area contributed by atoms with Gasteiger partial charge < -0.3 is 19.5 Å². The molecule has 0 aromatic heterocycles. The molecule has 1 rings (SSSR count). The molecule has 20 heavy (non-hydrogen) atoms. The van der Waals surface area contributed by atoms with Crippen molar-refractivity contribution in [3.63, 3.8) is 0 Å². The minimum Gasteiger partial charge on any atom is -0.496 e. The number of rotatable bonds is 9. The van der Waals surface area contributed by atoms with Crippen LogP contribution in [0.5, 0.6) is 17.2 Å². The Kier molecular flexibility index (Phi) is 7.62. The number of hydrogen-bond acceptors (Lipinski definition) is 5. The second kappa shape index (κ2) is 8.97. The van der Waals surface area contributed by atoms with Gasteiger partial charge in [-0.25, -0.2) is 0 Å². The van der Waals surface area contributed by atoms with Gasteiger partial charge in [-0.1, -0.05) is 6.92 Å². The molecule has 0 amide bonds. The number of nitrogens with one attached hydrogen (secondary N) is 1. The van der Waals surface area contributed by atoms with Crippen molar-refractivity contribution >= 4 is 11.8 Å². The minimum atomic E-state index is 0.669. The van der Waals surface area contributed by atoms with Crippen molar-refractivity contribution < 1.29 is 14.2 Å². The maximum atomic E-state index is 5.43. The highest BCUT2D eigenvalue weighted by Gasteiger charge is 2.12. The second-order valence-corrected chi connectivity index (χ2v) is 5.80. The lowest BCUT2D eigenvalue weighted by atomic mass is 10.1. The summed E-state index contributed by atoms with van der Waals surface area (Å²) >= 11 is 1.89. The first-order valence-corrected chi connectivity index (χ1v) is 7.97. The average molecular weight is 299 g/mol. The predicted octanol–water partition coefficient (Wildman–Crippen LogP) is 2.94. The predicted molar refractivity (Wildman–Crippen MR) is 85.4 cm³/mol. The zero-order valence-electron chi connectivity index (χ0n) is 13.0. The molecule has 1 unspecified atom stereocenters. The van der Waals surface area contributed by atoms with E-state index < -0.39 is 0 Å². The number of ether oxygens (including phenoxy) is 3. The topological polar surface area (TPSA) is 39.7 Å². The van der Waals surface area contributed by atoms with Gasteiger partial charge >= 0.3 is 0 Å². The van der Waals surface area contributed by atoms with Crippen molar-refractivity contribution in [2.75, 3.05) is 34.1 Å². The monoisotopic (exact) mass is 299 g/mol. The second-order valence-electron chi connectivity index (χ2n) is 4.52. The van der Waals surface area contributed by atoms with E-state index in [0.717, 1.165) is 42.3 Å². The number of benzene rings is 1. The van der Waals surface area contributed by atoms with Crippen LogP contribution in [0, 0.1) is 0 Å². The lowest BCUT2D eigenvalue weighted by Crippen LogP contribution is -2.18. The zero-order chi connectivity index (χ0) is 15.0. The fourth-order valence-corrected chi connectivity index (χ4v) is 2.24. The third-order valence-electron chi connectivity index (χ3n) is 3.25. The summed E-state index contributed by atoms with van der Waals surface area (Å²) in [5.41, 5.74) is 1.02. The molecular weight excluding hydrogens is 274 g/mol. The molecule has 4 nitrogen and oxygen atoms in total. The standard InChI is InChI=1S/C15H25NO3S/c1-11(20-5)6-7-16-10-13-14(18-3)8-12(17-2)9-15(13)19-4/h8-9,11,16H,6-7,10H2,1-5H3. The van der Waals surface area contributed by atoms with Gasteiger partial charge in [-0.3, -0.25) is 0 Å². The van der Waals surface area contributed by atoms with Crippen LogP contribution < -0.4 is 19.5 Å². The summed E-state index contributed by atoms with van der Waals surface area (Å²) < 4.78 is 16.1. The van der Waals surface area contributed by atoms with E-state index in [0.29, 0.717) is 5.25 Å². The van der Waals surface area contributed by atoms with Gasteiger partial charge in [0, 0.05) is 23.9 Å². The van der Waals surface area contributed by atoms with E-state index in [4.69, 9.17) is 14.2 Å². The SMILES string of the molecule is COc1cc(OC)c(CNCCC(C)SC)c(OC)c1. The number of hydrogen-bond donors (Lipinski definition) is 1. The van der Waals surface area contributed by atoms with Crippen molar-refractivity contribution in [2.45, 2.75) is 25.1 Å². The third kappa shape index (κ3) is 4.80. The highest BCUT2D eigenvalue weighted by atomic mass is 32.2. The van der Waals surface area contributed by atoms with E-state index in [9.17, 15) is 0 Å². The molecule has 0 spiro atoms. The summed E-state index contributed by atoms with van der Waals surface area (Å²) in [5.74, 6) is 2.30. The molecule has 0 radical (unpaired) electrons.